The molecule has 3 rings (SSSR count). The van der Waals surface area contributed by atoms with Crippen molar-refractivity contribution in [3.63, 3.8) is 0 Å². The van der Waals surface area contributed by atoms with E-state index >= 15 is 0 Å². The molecule has 0 radical (unpaired) electrons. The molecule has 5 nitrogen and oxygen atoms in total. The SMILES string of the molecule is CC(c1ccc(F)c(F)c1)N(C)Cc1nc(-c2ccco2)no1. The van der Waals surface area contributed by atoms with E-state index in [4.69, 9.17) is 8.94 Å². The average Bonchev–Trinajstić information content (AvgIpc) is 3.20. The van der Waals surface area contributed by atoms with Gasteiger partial charge in [0, 0.05) is 6.04 Å². The van der Waals surface area contributed by atoms with Crippen molar-refractivity contribution in [2.75, 3.05) is 7.05 Å². The Balaban J connectivity index is 1.71. The van der Waals surface area contributed by atoms with Crippen LogP contribution in [0.15, 0.2) is 45.5 Å². The van der Waals surface area contributed by atoms with Crippen LogP contribution in [0.2, 0.25) is 0 Å². The van der Waals surface area contributed by atoms with Gasteiger partial charge in [-0.1, -0.05) is 11.2 Å². The lowest BCUT2D eigenvalue weighted by Crippen LogP contribution is -2.22. The summed E-state index contributed by atoms with van der Waals surface area (Å²) in [6.07, 6.45) is 1.53. The predicted molar refractivity (Wildman–Crippen MR) is 78.2 cm³/mol. The molecule has 0 saturated carbocycles. The summed E-state index contributed by atoms with van der Waals surface area (Å²) < 4.78 is 36.8. The molecule has 7 heteroatoms. The summed E-state index contributed by atoms with van der Waals surface area (Å²) in [6, 6.07) is 7.20. The molecule has 1 atom stereocenters. The van der Waals surface area contributed by atoms with Crippen LogP contribution in [0, 0.1) is 11.6 Å². The molecular weight excluding hydrogens is 304 g/mol. The number of furan rings is 1. The van der Waals surface area contributed by atoms with Crippen molar-refractivity contribution in [1.82, 2.24) is 15.0 Å². The van der Waals surface area contributed by atoms with Gasteiger partial charge >= 0.3 is 0 Å². The molecule has 0 N–H and O–H groups in total. The summed E-state index contributed by atoms with van der Waals surface area (Å²) in [5, 5.41) is 3.85. The number of aromatic nitrogens is 2. The first kappa shape index (κ1) is 15.4. The fourth-order valence-corrected chi connectivity index (χ4v) is 2.20. The molecule has 0 aliphatic heterocycles. The molecule has 0 saturated heterocycles. The molecule has 2 aromatic heterocycles. The van der Waals surface area contributed by atoms with E-state index in [2.05, 4.69) is 10.1 Å². The van der Waals surface area contributed by atoms with E-state index in [0.717, 1.165) is 6.07 Å². The predicted octanol–water partition coefficient (Wildman–Crippen LogP) is 3.80. The van der Waals surface area contributed by atoms with Gasteiger partial charge in [-0.3, -0.25) is 4.90 Å². The van der Waals surface area contributed by atoms with Crippen LogP contribution in [0.3, 0.4) is 0 Å². The first-order valence-corrected chi connectivity index (χ1v) is 7.06. The second-order valence-electron chi connectivity index (χ2n) is 5.25. The molecule has 0 bridgehead atoms. The Morgan fingerprint density at radius 2 is 2.04 bits per heavy atom. The second kappa shape index (κ2) is 6.29. The molecule has 1 aromatic carbocycles. The molecule has 0 fully saturated rings. The third kappa shape index (κ3) is 3.29. The first-order valence-electron chi connectivity index (χ1n) is 7.06. The van der Waals surface area contributed by atoms with E-state index in [0.29, 0.717) is 29.6 Å². The number of hydrogen-bond acceptors (Lipinski definition) is 5. The summed E-state index contributed by atoms with van der Waals surface area (Å²) >= 11 is 0. The number of rotatable bonds is 5. The quantitative estimate of drug-likeness (QED) is 0.716. The van der Waals surface area contributed by atoms with Crippen molar-refractivity contribution in [2.45, 2.75) is 19.5 Å². The van der Waals surface area contributed by atoms with Gasteiger partial charge < -0.3 is 8.94 Å². The smallest absolute Gasteiger partial charge is 0.241 e. The molecule has 0 aliphatic carbocycles. The first-order chi connectivity index (χ1) is 11.0. The fourth-order valence-electron chi connectivity index (χ4n) is 2.20. The minimum atomic E-state index is -0.861. The standard InChI is InChI=1S/C16H15F2N3O2/c1-10(11-5-6-12(17)13(18)8-11)21(2)9-15-19-16(20-23-15)14-4-3-7-22-14/h3-8,10H,9H2,1-2H3. The van der Waals surface area contributed by atoms with Gasteiger partial charge in [-0.25, -0.2) is 8.78 Å². The van der Waals surface area contributed by atoms with Crippen molar-refractivity contribution in [3.8, 4) is 11.6 Å². The lowest BCUT2D eigenvalue weighted by molar-refractivity contribution is 0.216. The van der Waals surface area contributed by atoms with Gasteiger partial charge in [-0.15, -0.1) is 0 Å². The summed E-state index contributed by atoms with van der Waals surface area (Å²) in [4.78, 5) is 6.15. The third-order valence-electron chi connectivity index (χ3n) is 3.68. The van der Waals surface area contributed by atoms with E-state index in [-0.39, 0.29) is 6.04 Å². The maximum absolute atomic E-state index is 13.3. The monoisotopic (exact) mass is 319 g/mol. The Bertz CT molecular complexity index is 786. The van der Waals surface area contributed by atoms with Gasteiger partial charge in [0.15, 0.2) is 17.4 Å². The van der Waals surface area contributed by atoms with Crippen LogP contribution in [0.4, 0.5) is 8.78 Å². The summed E-state index contributed by atoms with van der Waals surface area (Å²) in [6.45, 7) is 2.25. The van der Waals surface area contributed by atoms with Crippen molar-refractivity contribution in [1.29, 1.82) is 0 Å². The zero-order valence-electron chi connectivity index (χ0n) is 12.7. The third-order valence-corrected chi connectivity index (χ3v) is 3.68. The van der Waals surface area contributed by atoms with Gasteiger partial charge in [-0.05, 0) is 43.8 Å². The Morgan fingerprint density at radius 1 is 1.22 bits per heavy atom. The minimum Gasteiger partial charge on any atom is -0.461 e. The minimum absolute atomic E-state index is 0.149. The molecule has 3 aromatic rings. The highest BCUT2D eigenvalue weighted by Crippen LogP contribution is 2.23. The average molecular weight is 319 g/mol. The zero-order valence-corrected chi connectivity index (χ0v) is 12.7. The van der Waals surface area contributed by atoms with Crippen molar-refractivity contribution in [2.24, 2.45) is 0 Å². The number of benzene rings is 1. The molecule has 0 amide bonds. The van der Waals surface area contributed by atoms with Crippen molar-refractivity contribution < 1.29 is 17.7 Å². The fraction of sp³-hybridized carbons (Fsp3) is 0.250. The van der Waals surface area contributed by atoms with Crippen LogP contribution >= 0.6 is 0 Å². The highest BCUT2D eigenvalue weighted by atomic mass is 19.2. The van der Waals surface area contributed by atoms with E-state index in [1.165, 1.54) is 12.3 Å². The van der Waals surface area contributed by atoms with Gasteiger partial charge in [0.2, 0.25) is 11.7 Å². The number of halogens is 2. The van der Waals surface area contributed by atoms with E-state index in [1.54, 1.807) is 18.2 Å². The van der Waals surface area contributed by atoms with Crippen LogP contribution in [0.25, 0.3) is 11.6 Å². The largest absolute Gasteiger partial charge is 0.461 e. The Labute approximate surface area is 131 Å². The zero-order chi connectivity index (χ0) is 16.4. The van der Waals surface area contributed by atoms with Crippen molar-refractivity contribution in [3.05, 3.63) is 59.7 Å². The van der Waals surface area contributed by atoms with Crippen LogP contribution < -0.4 is 0 Å². The van der Waals surface area contributed by atoms with E-state index in [1.807, 2.05) is 18.9 Å². The van der Waals surface area contributed by atoms with Gasteiger partial charge in [0.25, 0.3) is 0 Å². The Kier molecular flexibility index (Phi) is 4.20. The van der Waals surface area contributed by atoms with Crippen LogP contribution in [-0.2, 0) is 6.54 Å². The van der Waals surface area contributed by atoms with Crippen molar-refractivity contribution >= 4 is 0 Å². The maximum atomic E-state index is 13.3. The summed E-state index contributed by atoms with van der Waals surface area (Å²) in [5.74, 6) is -0.409. The lowest BCUT2D eigenvalue weighted by Gasteiger charge is -2.23. The molecular formula is C16H15F2N3O2. The summed E-state index contributed by atoms with van der Waals surface area (Å²) in [5.41, 5.74) is 0.664. The summed E-state index contributed by atoms with van der Waals surface area (Å²) in [7, 11) is 1.84. The molecule has 1 unspecified atom stereocenters. The molecule has 2 heterocycles. The maximum Gasteiger partial charge on any atom is 0.241 e. The highest BCUT2D eigenvalue weighted by molar-refractivity contribution is 5.44. The number of hydrogen-bond donors (Lipinski definition) is 0. The van der Waals surface area contributed by atoms with Crippen LogP contribution in [-0.4, -0.2) is 22.1 Å². The topological polar surface area (TPSA) is 55.3 Å². The van der Waals surface area contributed by atoms with Gasteiger partial charge in [0.05, 0.1) is 12.8 Å². The normalized spacial score (nSPS) is 12.7. The van der Waals surface area contributed by atoms with Crippen LogP contribution in [0.1, 0.15) is 24.4 Å². The number of nitrogens with zero attached hydrogens (tertiary/aromatic N) is 3. The highest BCUT2D eigenvalue weighted by Gasteiger charge is 2.18. The molecule has 23 heavy (non-hydrogen) atoms. The lowest BCUT2D eigenvalue weighted by atomic mass is 10.1. The second-order valence-corrected chi connectivity index (χ2v) is 5.25. The molecule has 0 aliphatic rings. The van der Waals surface area contributed by atoms with E-state index in [9.17, 15) is 8.78 Å². The van der Waals surface area contributed by atoms with Crippen LogP contribution in [0.5, 0.6) is 0 Å². The van der Waals surface area contributed by atoms with Gasteiger partial charge in [0.1, 0.15) is 0 Å². The van der Waals surface area contributed by atoms with Gasteiger partial charge in [-0.2, -0.15) is 4.98 Å². The molecule has 120 valence electrons. The Morgan fingerprint density at radius 3 is 2.74 bits per heavy atom. The van der Waals surface area contributed by atoms with E-state index < -0.39 is 11.6 Å². The molecule has 0 spiro atoms. The Hall–Kier alpha value is -2.54.